The summed E-state index contributed by atoms with van der Waals surface area (Å²) < 4.78 is 25.5. The second-order valence-electron chi connectivity index (χ2n) is 3.64. The third-order valence-corrected chi connectivity index (χ3v) is 3.15. The van der Waals surface area contributed by atoms with Crippen molar-refractivity contribution in [2.45, 2.75) is 6.92 Å². The van der Waals surface area contributed by atoms with E-state index in [-0.39, 0.29) is 17.3 Å². The lowest BCUT2D eigenvalue weighted by Gasteiger charge is -2.04. The first-order valence-corrected chi connectivity index (χ1v) is 6.53. The summed E-state index contributed by atoms with van der Waals surface area (Å²) in [6.45, 7) is 1.40. The van der Waals surface area contributed by atoms with Crippen LogP contribution in [-0.4, -0.2) is 17.8 Å². The molecule has 7 heteroatoms. The van der Waals surface area contributed by atoms with Crippen LogP contribution >= 0.6 is 7.82 Å². The molecular formula is C11H11O6P. The molecule has 0 bridgehead atoms. The van der Waals surface area contributed by atoms with Gasteiger partial charge in [0.1, 0.15) is 0 Å². The van der Waals surface area contributed by atoms with Crippen LogP contribution in [0.4, 0.5) is 0 Å². The number of carbonyl (C=O) groups excluding carboxylic acids is 1. The van der Waals surface area contributed by atoms with Gasteiger partial charge >= 0.3 is 7.82 Å². The number of hydrogen-bond donors (Lipinski definition) is 1. The van der Waals surface area contributed by atoms with Gasteiger partial charge in [-0.15, -0.1) is 0 Å². The molecule has 0 aromatic heterocycles. The first-order chi connectivity index (χ1) is 8.43. The van der Waals surface area contributed by atoms with Gasteiger partial charge in [-0.1, -0.05) is 6.07 Å². The molecule has 2 rings (SSSR count). The zero-order valence-electron chi connectivity index (χ0n) is 9.75. The molecule has 1 heterocycles. The Morgan fingerprint density at radius 3 is 2.67 bits per heavy atom. The Morgan fingerprint density at radius 1 is 1.39 bits per heavy atom. The summed E-state index contributed by atoms with van der Waals surface area (Å²) in [6.07, 6.45) is 1.30. The second-order valence-corrected chi connectivity index (χ2v) is 4.94. The lowest BCUT2D eigenvalue weighted by atomic mass is 10.0. The number of fused-ring (bicyclic) bond motifs is 1. The number of carbonyl (C=O) groups is 1. The number of rotatable bonds is 3. The van der Waals surface area contributed by atoms with Gasteiger partial charge in [-0.05, 0) is 24.6 Å². The molecule has 0 spiro atoms. The highest BCUT2D eigenvalue weighted by Gasteiger charge is 2.35. The highest BCUT2D eigenvalue weighted by Crippen LogP contribution is 2.55. The summed E-state index contributed by atoms with van der Waals surface area (Å²) in [5, 5.41) is 0. The fourth-order valence-corrected chi connectivity index (χ4v) is 2.39. The van der Waals surface area contributed by atoms with Gasteiger partial charge in [-0.2, -0.15) is 0 Å². The lowest BCUT2D eigenvalue weighted by Crippen LogP contribution is -1.96. The molecule has 96 valence electrons. The first-order valence-electron chi connectivity index (χ1n) is 5.03. The van der Waals surface area contributed by atoms with Crippen LogP contribution in [0.25, 0.3) is 5.57 Å². The van der Waals surface area contributed by atoms with E-state index in [0.29, 0.717) is 11.1 Å². The third-order valence-electron chi connectivity index (χ3n) is 2.30. The van der Waals surface area contributed by atoms with Crippen LogP contribution in [0.3, 0.4) is 0 Å². The topological polar surface area (TPSA) is 82.1 Å². The molecule has 0 saturated heterocycles. The number of methoxy groups -OCH3 is 1. The minimum Gasteiger partial charge on any atom is -0.504 e. The Balaban J connectivity index is 2.42. The molecular weight excluding hydrogens is 259 g/mol. The zero-order chi connectivity index (χ0) is 13.3. The van der Waals surface area contributed by atoms with Crippen LogP contribution in [0.2, 0.25) is 0 Å². The Bertz CT molecular complexity index is 577. The fraction of sp³-hybridized carbons (Fsp3) is 0.182. The molecule has 0 saturated carbocycles. The smallest absolute Gasteiger partial charge is 0.504 e. The van der Waals surface area contributed by atoms with E-state index in [1.54, 1.807) is 6.07 Å². The molecule has 1 unspecified atom stereocenters. The molecule has 0 radical (unpaired) electrons. The standard InChI is InChI=1S/C11H11O6P/c1-7(12)9(6-15-2)8-3-4-10-11(5-8)17-18(13,14)16-10/h3-6H,1-2H3,(H,13,14)/b9-6+. The van der Waals surface area contributed by atoms with Crippen molar-refractivity contribution in [3.63, 3.8) is 0 Å². The number of phosphoric acid groups is 1. The maximum absolute atomic E-state index is 11.4. The number of ketones is 1. The van der Waals surface area contributed by atoms with Gasteiger partial charge in [-0.3, -0.25) is 9.69 Å². The molecule has 1 atom stereocenters. The summed E-state index contributed by atoms with van der Waals surface area (Å²) in [7, 11) is -2.62. The summed E-state index contributed by atoms with van der Waals surface area (Å²) in [4.78, 5) is 20.6. The maximum Gasteiger partial charge on any atom is 0.585 e. The van der Waals surface area contributed by atoms with Crippen LogP contribution < -0.4 is 9.05 Å². The van der Waals surface area contributed by atoms with Crippen molar-refractivity contribution >= 4 is 19.2 Å². The lowest BCUT2D eigenvalue weighted by molar-refractivity contribution is -0.111. The molecule has 1 aromatic carbocycles. The molecule has 1 aliphatic rings. The van der Waals surface area contributed by atoms with Gasteiger partial charge in [0.2, 0.25) is 0 Å². The summed E-state index contributed by atoms with van der Waals surface area (Å²) in [6, 6.07) is 4.50. The van der Waals surface area contributed by atoms with Gasteiger partial charge in [-0.25, -0.2) is 4.57 Å². The first kappa shape index (κ1) is 12.7. The summed E-state index contributed by atoms with van der Waals surface area (Å²) in [5.74, 6) is 0.106. The van der Waals surface area contributed by atoms with Gasteiger partial charge in [0.15, 0.2) is 17.3 Å². The summed E-state index contributed by atoms with van der Waals surface area (Å²) >= 11 is 0. The van der Waals surface area contributed by atoms with E-state index in [0.717, 1.165) is 0 Å². The number of ether oxygens (including phenoxy) is 1. The maximum atomic E-state index is 11.4. The van der Waals surface area contributed by atoms with Crippen LogP contribution in [-0.2, 0) is 14.1 Å². The number of phosphoric ester groups is 1. The van der Waals surface area contributed by atoms with Crippen LogP contribution in [0, 0.1) is 0 Å². The predicted octanol–water partition coefficient (Wildman–Crippen LogP) is 2.13. The van der Waals surface area contributed by atoms with E-state index in [1.807, 2.05) is 0 Å². The average Bonchev–Trinajstić information content (AvgIpc) is 2.58. The molecule has 18 heavy (non-hydrogen) atoms. The van der Waals surface area contributed by atoms with E-state index in [4.69, 9.17) is 18.7 Å². The minimum atomic E-state index is -4.05. The SMILES string of the molecule is CO/C=C(\C(C)=O)c1ccc2c(c1)OP(=O)(O)O2. The summed E-state index contributed by atoms with van der Waals surface area (Å²) in [5.41, 5.74) is 0.858. The number of benzene rings is 1. The van der Waals surface area contributed by atoms with E-state index < -0.39 is 7.82 Å². The Hall–Kier alpha value is -1.78. The van der Waals surface area contributed by atoms with E-state index in [1.165, 1.54) is 32.4 Å². The quantitative estimate of drug-likeness (QED) is 0.514. The minimum absolute atomic E-state index is 0.126. The largest absolute Gasteiger partial charge is 0.585 e. The number of allylic oxidation sites excluding steroid dienone is 1. The van der Waals surface area contributed by atoms with Gasteiger partial charge in [0.25, 0.3) is 0 Å². The molecule has 1 N–H and O–H groups in total. The van der Waals surface area contributed by atoms with Gasteiger partial charge < -0.3 is 13.8 Å². The second kappa shape index (κ2) is 4.48. The van der Waals surface area contributed by atoms with Crippen molar-refractivity contribution in [2.24, 2.45) is 0 Å². The van der Waals surface area contributed by atoms with Crippen molar-refractivity contribution in [3.05, 3.63) is 30.0 Å². The molecule has 0 aliphatic carbocycles. The molecule has 1 aliphatic heterocycles. The van der Waals surface area contributed by atoms with Crippen LogP contribution in [0.1, 0.15) is 12.5 Å². The molecule has 6 nitrogen and oxygen atoms in total. The highest BCUT2D eigenvalue weighted by molar-refractivity contribution is 7.48. The molecule has 0 fully saturated rings. The normalized spacial score (nSPS) is 21.8. The van der Waals surface area contributed by atoms with Crippen molar-refractivity contribution in [2.75, 3.05) is 7.11 Å². The van der Waals surface area contributed by atoms with Crippen molar-refractivity contribution in [1.29, 1.82) is 0 Å². The monoisotopic (exact) mass is 270 g/mol. The number of Topliss-reactive ketones (excluding diaryl/α,β-unsaturated/α-hetero) is 1. The Morgan fingerprint density at radius 2 is 2.06 bits per heavy atom. The predicted molar refractivity (Wildman–Crippen MR) is 63.2 cm³/mol. The zero-order valence-corrected chi connectivity index (χ0v) is 10.6. The van der Waals surface area contributed by atoms with Crippen molar-refractivity contribution < 1.29 is 28.0 Å². The Labute approximate surface area is 103 Å². The molecule has 1 aromatic rings. The Kier molecular flexibility index (Phi) is 3.15. The number of hydrogen-bond acceptors (Lipinski definition) is 5. The van der Waals surface area contributed by atoms with Gasteiger partial charge in [0, 0.05) is 0 Å². The van der Waals surface area contributed by atoms with E-state index in [2.05, 4.69) is 0 Å². The third kappa shape index (κ3) is 2.39. The average molecular weight is 270 g/mol. The van der Waals surface area contributed by atoms with Crippen LogP contribution in [0.5, 0.6) is 11.5 Å². The van der Waals surface area contributed by atoms with E-state index in [9.17, 15) is 9.36 Å². The van der Waals surface area contributed by atoms with Crippen LogP contribution in [0.15, 0.2) is 24.5 Å². The fourth-order valence-electron chi connectivity index (χ4n) is 1.56. The van der Waals surface area contributed by atoms with Crippen molar-refractivity contribution in [1.82, 2.24) is 0 Å². The van der Waals surface area contributed by atoms with E-state index >= 15 is 0 Å². The van der Waals surface area contributed by atoms with Gasteiger partial charge in [0.05, 0.1) is 18.9 Å². The van der Waals surface area contributed by atoms with Crippen molar-refractivity contribution in [3.8, 4) is 11.5 Å². The highest BCUT2D eigenvalue weighted by atomic mass is 31.2. The molecule has 0 amide bonds.